The van der Waals surface area contributed by atoms with Gasteiger partial charge in [0.05, 0.1) is 15.9 Å². The van der Waals surface area contributed by atoms with E-state index in [0.717, 1.165) is 74.9 Å². The highest BCUT2D eigenvalue weighted by atomic mass is 32.2. The highest BCUT2D eigenvalue weighted by molar-refractivity contribution is 7.92. The molecule has 0 radical (unpaired) electrons. The van der Waals surface area contributed by atoms with Gasteiger partial charge < -0.3 is 9.88 Å². The van der Waals surface area contributed by atoms with E-state index in [1.165, 1.54) is 12.8 Å². The molecule has 2 aliphatic rings. The van der Waals surface area contributed by atoms with Crippen LogP contribution in [-0.4, -0.2) is 47.0 Å². The third-order valence-electron chi connectivity index (χ3n) is 7.90. The van der Waals surface area contributed by atoms with Gasteiger partial charge >= 0.3 is 0 Å². The van der Waals surface area contributed by atoms with Gasteiger partial charge in [0.15, 0.2) is 9.84 Å². The third kappa shape index (κ3) is 4.42. The largest absolute Gasteiger partial charge is 0.355 e. The summed E-state index contributed by atoms with van der Waals surface area (Å²) >= 11 is 0. The lowest BCUT2D eigenvalue weighted by Gasteiger charge is -2.36. The molecule has 6 nitrogen and oxygen atoms in total. The van der Waals surface area contributed by atoms with Crippen LogP contribution in [0.4, 0.5) is 5.82 Å². The first-order valence-electron chi connectivity index (χ1n) is 12.7. The molecular formula is C25H40N4O2S. The summed E-state index contributed by atoms with van der Waals surface area (Å²) in [6, 6.07) is 2.03. The van der Waals surface area contributed by atoms with E-state index in [0.29, 0.717) is 12.3 Å². The van der Waals surface area contributed by atoms with Gasteiger partial charge in [0, 0.05) is 24.7 Å². The number of H-pyrrole nitrogens is 1. The SMILES string of the molecule is CCCC(C1CCCC1)S(=O)(=O)C(CC)C1(CN(CCC)c2ncnc3[nH]ccc23)CC1. The van der Waals surface area contributed by atoms with Crippen LogP contribution in [0.5, 0.6) is 0 Å². The van der Waals surface area contributed by atoms with Gasteiger partial charge in [-0.3, -0.25) is 0 Å². The first-order chi connectivity index (χ1) is 15.5. The lowest BCUT2D eigenvalue weighted by atomic mass is 9.98. The number of aromatic amines is 1. The molecule has 2 aromatic rings. The zero-order valence-electron chi connectivity index (χ0n) is 20.0. The van der Waals surface area contributed by atoms with Crippen LogP contribution in [0.3, 0.4) is 0 Å². The summed E-state index contributed by atoms with van der Waals surface area (Å²) in [5.74, 6) is 1.29. The van der Waals surface area contributed by atoms with E-state index in [1.54, 1.807) is 6.33 Å². The number of fused-ring (bicyclic) bond motifs is 1. The molecule has 4 rings (SSSR count). The van der Waals surface area contributed by atoms with Gasteiger partial charge in [-0.2, -0.15) is 0 Å². The summed E-state index contributed by atoms with van der Waals surface area (Å²) in [5.41, 5.74) is 0.686. The topological polar surface area (TPSA) is 79.0 Å². The van der Waals surface area contributed by atoms with Gasteiger partial charge in [-0.1, -0.05) is 40.0 Å². The molecule has 0 spiro atoms. The van der Waals surface area contributed by atoms with Gasteiger partial charge in [0.2, 0.25) is 0 Å². The van der Waals surface area contributed by atoms with E-state index < -0.39 is 9.84 Å². The maximum Gasteiger partial charge on any atom is 0.156 e. The second kappa shape index (κ2) is 9.70. The molecule has 178 valence electrons. The van der Waals surface area contributed by atoms with Crippen molar-refractivity contribution in [2.75, 3.05) is 18.0 Å². The second-order valence-corrected chi connectivity index (χ2v) is 12.4. The molecule has 7 heteroatoms. The standard InChI is InChI=1S/C25H40N4O2S/c1-4-9-21(19-10-7-8-11-19)32(30,31)22(6-3)25(13-14-25)17-29(16-5-2)24-20-12-15-26-23(20)27-18-28-24/h12,15,18-19,21-22H,4-11,13-14,16-17H2,1-3H3,(H,26,27,28). The summed E-state index contributed by atoms with van der Waals surface area (Å²) in [7, 11) is -3.19. The maximum atomic E-state index is 14.1. The van der Waals surface area contributed by atoms with Crippen molar-refractivity contribution in [2.45, 2.75) is 95.5 Å². The highest BCUT2D eigenvalue weighted by Crippen LogP contribution is 2.55. The number of rotatable bonds is 12. The Balaban J connectivity index is 1.63. The Morgan fingerprint density at radius 1 is 1.16 bits per heavy atom. The zero-order chi connectivity index (χ0) is 22.8. The summed E-state index contributed by atoms with van der Waals surface area (Å²) in [5, 5.41) is 0.602. The molecule has 2 aromatic heterocycles. The van der Waals surface area contributed by atoms with E-state index in [4.69, 9.17) is 0 Å². The lowest BCUT2D eigenvalue weighted by Crippen LogP contribution is -2.45. The van der Waals surface area contributed by atoms with Crippen molar-refractivity contribution in [3.63, 3.8) is 0 Å². The third-order valence-corrected chi connectivity index (χ3v) is 11.0. The molecular weight excluding hydrogens is 420 g/mol. The Hall–Kier alpha value is -1.63. The zero-order valence-corrected chi connectivity index (χ0v) is 20.8. The Kier molecular flexibility index (Phi) is 7.13. The fourth-order valence-corrected chi connectivity index (χ4v) is 9.54. The number of aromatic nitrogens is 3. The average Bonchev–Trinajstić information content (AvgIpc) is 3.18. The van der Waals surface area contributed by atoms with Crippen molar-refractivity contribution in [3.05, 3.63) is 18.6 Å². The molecule has 0 amide bonds. The second-order valence-electron chi connectivity index (χ2n) is 10.1. The Labute approximate surface area is 193 Å². The van der Waals surface area contributed by atoms with Gasteiger partial charge in [-0.25, -0.2) is 18.4 Å². The Morgan fingerprint density at radius 3 is 2.53 bits per heavy atom. The number of hydrogen-bond donors (Lipinski definition) is 1. The van der Waals surface area contributed by atoms with Crippen LogP contribution < -0.4 is 4.90 Å². The molecule has 0 bridgehead atoms. The van der Waals surface area contributed by atoms with E-state index in [9.17, 15) is 8.42 Å². The Morgan fingerprint density at radius 2 is 1.91 bits per heavy atom. The average molecular weight is 461 g/mol. The number of sulfone groups is 1. The maximum absolute atomic E-state index is 14.1. The van der Waals surface area contributed by atoms with Crippen LogP contribution in [0, 0.1) is 11.3 Å². The quantitative estimate of drug-likeness (QED) is 0.452. The minimum atomic E-state index is -3.19. The van der Waals surface area contributed by atoms with Crippen LogP contribution in [0.2, 0.25) is 0 Å². The molecule has 2 aliphatic carbocycles. The van der Waals surface area contributed by atoms with Gasteiger partial charge in [0.25, 0.3) is 0 Å². The number of hydrogen-bond acceptors (Lipinski definition) is 5. The summed E-state index contributed by atoms with van der Waals surface area (Å²) in [6.45, 7) is 8.02. The molecule has 0 saturated heterocycles. The molecule has 2 saturated carbocycles. The molecule has 2 fully saturated rings. The van der Waals surface area contributed by atoms with Crippen LogP contribution in [-0.2, 0) is 9.84 Å². The van der Waals surface area contributed by atoms with Crippen molar-refractivity contribution in [2.24, 2.45) is 11.3 Å². The van der Waals surface area contributed by atoms with Crippen LogP contribution in [0.15, 0.2) is 18.6 Å². The predicted octanol–water partition coefficient (Wildman–Crippen LogP) is 5.51. The summed E-state index contributed by atoms with van der Waals surface area (Å²) in [4.78, 5) is 14.5. The molecule has 2 heterocycles. The van der Waals surface area contributed by atoms with E-state index in [-0.39, 0.29) is 15.9 Å². The smallest absolute Gasteiger partial charge is 0.156 e. The molecule has 2 unspecified atom stereocenters. The van der Waals surface area contributed by atoms with Crippen LogP contribution in [0.25, 0.3) is 11.0 Å². The molecule has 2 atom stereocenters. The molecule has 1 N–H and O–H groups in total. The first-order valence-corrected chi connectivity index (χ1v) is 14.3. The van der Waals surface area contributed by atoms with E-state index >= 15 is 0 Å². The van der Waals surface area contributed by atoms with Gasteiger partial charge in [0.1, 0.15) is 17.8 Å². The van der Waals surface area contributed by atoms with E-state index in [1.807, 2.05) is 12.3 Å². The molecule has 32 heavy (non-hydrogen) atoms. The van der Waals surface area contributed by atoms with Crippen LogP contribution in [0.1, 0.15) is 85.0 Å². The van der Waals surface area contributed by atoms with Gasteiger partial charge in [-0.15, -0.1) is 0 Å². The minimum Gasteiger partial charge on any atom is -0.355 e. The normalized spacial score (nSPS) is 20.5. The number of nitrogens with one attached hydrogen (secondary N) is 1. The number of nitrogens with zero attached hydrogens (tertiary/aromatic N) is 3. The first kappa shape index (κ1) is 23.5. The number of anilines is 1. The van der Waals surface area contributed by atoms with Crippen molar-refractivity contribution < 1.29 is 8.42 Å². The van der Waals surface area contributed by atoms with Gasteiger partial charge in [-0.05, 0) is 56.9 Å². The Bertz CT molecular complexity index is 992. The monoisotopic (exact) mass is 460 g/mol. The summed E-state index contributed by atoms with van der Waals surface area (Å²) in [6.07, 6.45) is 13.5. The highest BCUT2D eigenvalue weighted by Gasteiger charge is 2.56. The van der Waals surface area contributed by atoms with Crippen molar-refractivity contribution in [3.8, 4) is 0 Å². The lowest BCUT2D eigenvalue weighted by molar-refractivity contribution is 0.410. The van der Waals surface area contributed by atoms with Crippen molar-refractivity contribution in [1.29, 1.82) is 0 Å². The predicted molar refractivity (Wildman–Crippen MR) is 132 cm³/mol. The minimum absolute atomic E-state index is 0.152. The fourth-order valence-electron chi connectivity index (χ4n) is 6.27. The van der Waals surface area contributed by atoms with Crippen molar-refractivity contribution >= 4 is 26.7 Å². The molecule has 0 aliphatic heterocycles. The van der Waals surface area contributed by atoms with Crippen LogP contribution >= 0.6 is 0 Å². The van der Waals surface area contributed by atoms with E-state index in [2.05, 4.69) is 40.6 Å². The van der Waals surface area contributed by atoms with Crippen molar-refractivity contribution in [1.82, 2.24) is 15.0 Å². The summed E-state index contributed by atoms with van der Waals surface area (Å²) < 4.78 is 28.2. The molecule has 0 aromatic carbocycles. The fraction of sp³-hybridized carbons (Fsp3) is 0.760.